The van der Waals surface area contributed by atoms with Gasteiger partial charge in [0.25, 0.3) is 0 Å². The number of hydrogen-bond donors (Lipinski definition) is 3. The van der Waals surface area contributed by atoms with Crippen LogP contribution in [-0.4, -0.2) is 70.1 Å². The zero-order valence-corrected chi connectivity index (χ0v) is 29.7. The number of benzene rings is 2. The number of fused-ring (bicyclic) bond motifs is 1. The van der Waals surface area contributed by atoms with E-state index in [-0.39, 0.29) is 35.2 Å². The van der Waals surface area contributed by atoms with Crippen LogP contribution in [0.2, 0.25) is 0 Å². The van der Waals surface area contributed by atoms with E-state index in [4.69, 9.17) is 4.74 Å². The second-order valence-electron chi connectivity index (χ2n) is 16.7. The first-order valence-corrected chi connectivity index (χ1v) is 18.7. The van der Waals surface area contributed by atoms with Gasteiger partial charge < -0.3 is 20.1 Å². The first-order valence-electron chi connectivity index (χ1n) is 18.7. The minimum Gasteiger partial charge on any atom is -0.393 e. The number of ketones is 1. The summed E-state index contributed by atoms with van der Waals surface area (Å²) in [6.45, 7) is 8.72. The average Bonchev–Trinajstić information content (AvgIpc) is 3.36. The molecule has 6 aliphatic carbocycles. The van der Waals surface area contributed by atoms with Gasteiger partial charge in [-0.3, -0.25) is 9.69 Å². The van der Waals surface area contributed by atoms with Crippen molar-refractivity contribution in [2.45, 2.75) is 96.6 Å². The third-order valence-electron chi connectivity index (χ3n) is 14.1. The fraction of sp³-hybridized carbons (Fsp3) is 0.595. The Morgan fingerprint density at radius 1 is 0.980 bits per heavy atom. The van der Waals surface area contributed by atoms with Crippen molar-refractivity contribution in [3.63, 3.8) is 0 Å². The Labute approximate surface area is 295 Å². The number of halogens is 2. The molecule has 6 nitrogen and oxygen atoms in total. The van der Waals surface area contributed by atoms with Crippen LogP contribution in [-0.2, 0) is 11.3 Å². The summed E-state index contributed by atoms with van der Waals surface area (Å²) < 4.78 is 34.4. The van der Waals surface area contributed by atoms with Crippen LogP contribution >= 0.6 is 0 Å². The van der Waals surface area contributed by atoms with Crippen molar-refractivity contribution in [2.75, 3.05) is 26.2 Å². The van der Waals surface area contributed by atoms with Crippen LogP contribution in [0.5, 0.6) is 0 Å². The van der Waals surface area contributed by atoms with Crippen LogP contribution in [0.1, 0.15) is 88.1 Å². The Kier molecular flexibility index (Phi) is 9.29. The second-order valence-corrected chi connectivity index (χ2v) is 16.7. The van der Waals surface area contributed by atoms with Crippen LogP contribution in [0.25, 0.3) is 0 Å². The molecule has 2 aromatic rings. The van der Waals surface area contributed by atoms with Gasteiger partial charge in [-0.15, -0.1) is 0 Å². The van der Waals surface area contributed by atoms with Crippen LogP contribution in [0.4, 0.5) is 8.78 Å². The highest BCUT2D eigenvalue weighted by Crippen LogP contribution is 2.78. The van der Waals surface area contributed by atoms with Gasteiger partial charge in [-0.05, 0) is 98.9 Å². The molecule has 270 valence electrons. The van der Waals surface area contributed by atoms with E-state index in [2.05, 4.69) is 43.9 Å². The number of hydrogen-bond acceptors (Lipinski definition) is 6. The Morgan fingerprint density at radius 3 is 2.44 bits per heavy atom. The molecule has 2 aromatic carbocycles. The molecular weight excluding hydrogens is 636 g/mol. The maximum Gasteiger partial charge on any atom is 0.189 e. The van der Waals surface area contributed by atoms with Gasteiger partial charge in [-0.2, -0.15) is 0 Å². The molecule has 1 unspecified atom stereocenters. The summed E-state index contributed by atoms with van der Waals surface area (Å²) in [5.74, 6) is -2.32. The van der Waals surface area contributed by atoms with E-state index in [9.17, 15) is 28.9 Å². The van der Waals surface area contributed by atoms with E-state index in [1.807, 2.05) is 30.3 Å². The van der Waals surface area contributed by atoms with Crippen molar-refractivity contribution >= 4 is 5.78 Å². The molecule has 50 heavy (non-hydrogen) atoms. The van der Waals surface area contributed by atoms with E-state index < -0.39 is 45.7 Å². The predicted octanol–water partition coefficient (Wildman–Crippen LogP) is 7.03. The van der Waals surface area contributed by atoms with E-state index in [1.165, 1.54) is 6.07 Å². The number of allylic oxidation sites excluding steroid dienone is 4. The molecule has 0 radical (unpaired) electrons. The quantitative estimate of drug-likeness (QED) is 0.164. The lowest BCUT2D eigenvalue weighted by atomic mass is 9.32. The zero-order valence-electron chi connectivity index (χ0n) is 29.7. The molecule has 3 N–H and O–H groups in total. The molecule has 8 heteroatoms. The lowest BCUT2D eigenvalue weighted by Gasteiger charge is -2.71. The topological polar surface area (TPSA) is 90.2 Å². The Hall–Kier alpha value is -2.75. The van der Waals surface area contributed by atoms with Gasteiger partial charge >= 0.3 is 0 Å². The summed E-state index contributed by atoms with van der Waals surface area (Å²) in [5.41, 5.74) is -1.25. The molecule has 3 fully saturated rings. The summed E-state index contributed by atoms with van der Waals surface area (Å²) in [4.78, 5) is 16.8. The number of ether oxygens (including phenoxy) is 1. The minimum absolute atomic E-state index is 0.0694. The number of aliphatic hydroxyl groups is 3. The van der Waals surface area contributed by atoms with Gasteiger partial charge in [-0.25, -0.2) is 8.78 Å². The first kappa shape index (κ1) is 35.6. The molecule has 2 bridgehead atoms. The zero-order chi connectivity index (χ0) is 35.5. The van der Waals surface area contributed by atoms with Gasteiger partial charge in [0.05, 0.1) is 31.0 Å². The molecule has 8 rings (SSSR count). The molecular formula is C42H53F2NO5. The second kappa shape index (κ2) is 13.0. The molecule has 0 aliphatic heterocycles. The number of aliphatic hydroxyl groups excluding tert-OH is 2. The highest BCUT2D eigenvalue weighted by Gasteiger charge is 2.74. The number of rotatable bonds is 12. The van der Waals surface area contributed by atoms with Crippen LogP contribution in [0.15, 0.2) is 72.3 Å². The lowest BCUT2D eigenvalue weighted by molar-refractivity contribution is -0.177. The molecule has 0 amide bonds. The Bertz CT molecular complexity index is 1660. The number of nitrogens with zero attached hydrogens (tertiary/aromatic N) is 1. The minimum atomic E-state index is -1.07. The lowest BCUT2D eigenvalue weighted by Crippen LogP contribution is -2.67. The number of carbonyl (C=O) groups excluding carboxylic acids is 1. The van der Waals surface area contributed by atoms with Gasteiger partial charge in [0, 0.05) is 40.5 Å². The van der Waals surface area contributed by atoms with Crippen molar-refractivity contribution in [1.29, 1.82) is 0 Å². The maximum absolute atomic E-state index is 14.6. The van der Waals surface area contributed by atoms with E-state index >= 15 is 0 Å². The van der Waals surface area contributed by atoms with Crippen molar-refractivity contribution < 1.29 is 33.6 Å². The van der Waals surface area contributed by atoms with E-state index in [0.717, 1.165) is 49.9 Å². The summed E-state index contributed by atoms with van der Waals surface area (Å²) in [7, 11) is 0. The third-order valence-corrected chi connectivity index (χ3v) is 14.1. The molecule has 0 aromatic heterocycles. The van der Waals surface area contributed by atoms with Gasteiger partial charge in [0.1, 0.15) is 0 Å². The van der Waals surface area contributed by atoms with Crippen molar-refractivity contribution in [3.8, 4) is 0 Å². The first-order chi connectivity index (χ1) is 23.8. The third kappa shape index (κ3) is 5.47. The molecule has 0 saturated heterocycles. The fourth-order valence-corrected chi connectivity index (χ4v) is 11.5. The largest absolute Gasteiger partial charge is 0.393 e. The molecule has 3 saturated carbocycles. The maximum atomic E-state index is 14.6. The van der Waals surface area contributed by atoms with Gasteiger partial charge in [0.2, 0.25) is 0 Å². The fourth-order valence-electron chi connectivity index (χ4n) is 11.5. The SMILES string of the molecule is CCCN(C[C@@H](O)COCc1ccccc1)C[C@]1(O)CC[C@H]2[C@]34C=C[C@@]5(C=C3C(=O)c3ccc(F)c(F)c3)CC(O)CC[C@]5(C)[C@H]4CC[C@@]21C. The van der Waals surface area contributed by atoms with Gasteiger partial charge in [-0.1, -0.05) is 69.3 Å². The predicted molar refractivity (Wildman–Crippen MR) is 188 cm³/mol. The van der Waals surface area contributed by atoms with E-state index in [0.29, 0.717) is 51.0 Å². The summed E-state index contributed by atoms with van der Waals surface area (Å²) in [6.07, 6.45) is 11.2. The van der Waals surface area contributed by atoms with Crippen molar-refractivity contribution in [3.05, 3.63) is 95.1 Å². The standard InChI is InChI=1S/C42H53F2NO5/c1-4-20-45(24-31(47)26-50-25-28-8-6-5-7-9-28)27-41(49)17-14-36-39(41,3)16-13-35-38(2)15-12-30(46)22-40(38)18-19-42(35,36)32(23-40)37(48)29-10-11-33(43)34(44)21-29/h5-11,18-19,21,23,30-31,35-36,46-47,49H,4,12-17,20,22,24-27H2,1-3H3/t30?,31-,35-,36-,38-,39+,40+,41-,42-/m1/s1. The molecule has 9 atom stereocenters. The number of Topliss-reactive ketones (excluding diaryl/α,β-unsaturated/α-hetero) is 1. The van der Waals surface area contributed by atoms with Crippen LogP contribution < -0.4 is 0 Å². The van der Waals surface area contributed by atoms with Crippen LogP contribution in [0, 0.1) is 45.1 Å². The van der Waals surface area contributed by atoms with Gasteiger partial charge in [0.15, 0.2) is 17.4 Å². The highest BCUT2D eigenvalue weighted by atomic mass is 19.2. The monoisotopic (exact) mass is 689 g/mol. The normalized spacial score (nSPS) is 37.6. The summed E-state index contributed by atoms with van der Waals surface area (Å²) >= 11 is 0. The Balaban J connectivity index is 1.19. The Morgan fingerprint density at radius 2 is 1.70 bits per heavy atom. The average molecular weight is 690 g/mol. The molecule has 2 spiro atoms. The number of carbonyl (C=O) groups is 1. The van der Waals surface area contributed by atoms with E-state index in [1.54, 1.807) is 0 Å². The summed E-state index contributed by atoms with van der Waals surface area (Å²) in [5, 5.41) is 34.8. The van der Waals surface area contributed by atoms with Crippen LogP contribution in [0.3, 0.4) is 0 Å². The smallest absolute Gasteiger partial charge is 0.189 e. The summed E-state index contributed by atoms with van der Waals surface area (Å²) in [6, 6.07) is 13.3. The van der Waals surface area contributed by atoms with Crippen molar-refractivity contribution in [2.24, 2.45) is 33.5 Å². The molecule has 6 aliphatic rings. The highest BCUT2D eigenvalue weighted by molar-refractivity contribution is 6.10. The van der Waals surface area contributed by atoms with Crippen molar-refractivity contribution in [1.82, 2.24) is 4.90 Å². The molecule has 0 heterocycles.